The fourth-order valence-electron chi connectivity index (χ4n) is 1.96. The largest absolute Gasteiger partial charge is 0.398 e. The van der Waals surface area contributed by atoms with Crippen LogP contribution in [0.1, 0.15) is 15.9 Å². The number of aliphatic hydroxyl groups is 2. The molecule has 0 spiro atoms. The lowest BCUT2D eigenvalue weighted by molar-refractivity contribution is 0.0572. The third-order valence-corrected chi connectivity index (χ3v) is 2.99. The fourth-order valence-corrected chi connectivity index (χ4v) is 1.96. The number of rotatable bonds is 1. The molecule has 0 bridgehead atoms. The van der Waals surface area contributed by atoms with Crippen LogP contribution in [-0.2, 0) is 0 Å². The first kappa shape index (κ1) is 11.9. The minimum Gasteiger partial charge on any atom is -0.398 e. The molecule has 0 saturated carbocycles. The molecule has 1 saturated heterocycles. The highest BCUT2D eigenvalue weighted by atomic mass is 16.3. The number of aliphatic hydroxyl groups excluding tert-OH is 2. The Bertz CT molecular complexity index is 437. The summed E-state index contributed by atoms with van der Waals surface area (Å²) in [6.07, 6.45) is -1.74. The number of amides is 1. The minimum atomic E-state index is -0.870. The quantitative estimate of drug-likeness (QED) is 0.587. The molecule has 1 heterocycles. The number of anilines is 1. The number of hydrogen-bond donors (Lipinski definition) is 3. The zero-order chi connectivity index (χ0) is 12.6. The van der Waals surface area contributed by atoms with Crippen molar-refractivity contribution in [3.05, 3.63) is 29.3 Å². The molecule has 0 aromatic heterocycles. The van der Waals surface area contributed by atoms with Crippen molar-refractivity contribution < 1.29 is 15.0 Å². The number of nitrogen functional groups attached to an aromatic ring is 1. The Hall–Kier alpha value is -1.59. The van der Waals surface area contributed by atoms with E-state index in [1.165, 1.54) is 4.90 Å². The lowest BCUT2D eigenvalue weighted by atomic mass is 10.1. The molecule has 0 aliphatic carbocycles. The molecule has 4 N–H and O–H groups in total. The van der Waals surface area contributed by atoms with E-state index in [1.807, 2.05) is 13.0 Å². The molecule has 0 radical (unpaired) electrons. The van der Waals surface area contributed by atoms with Gasteiger partial charge in [-0.25, -0.2) is 0 Å². The van der Waals surface area contributed by atoms with Crippen LogP contribution < -0.4 is 5.73 Å². The third kappa shape index (κ3) is 2.25. The summed E-state index contributed by atoms with van der Waals surface area (Å²) < 4.78 is 0. The van der Waals surface area contributed by atoms with Gasteiger partial charge in [0.25, 0.3) is 5.91 Å². The van der Waals surface area contributed by atoms with E-state index in [2.05, 4.69) is 0 Å². The maximum Gasteiger partial charge on any atom is 0.256 e. The normalized spacial score (nSPS) is 24.1. The fraction of sp³-hybridized carbons (Fsp3) is 0.417. The summed E-state index contributed by atoms with van der Waals surface area (Å²) >= 11 is 0. The number of carbonyl (C=O) groups excluding carboxylic acids is 1. The van der Waals surface area contributed by atoms with Crippen molar-refractivity contribution in [2.45, 2.75) is 19.1 Å². The van der Waals surface area contributed by atoms with Gasteiger partial charge in [0.05, 0.1) is 17.8 Å². The molecule has 5 heteroatoms. The number of carbonyl (C=O) groups is 1. The van der Waals surface area contributed by atoms with Gasteiger partial charge in [-0.3, -0.25) is 4.79 Å². The van der Waals surface area contributed by atoms with Crippen LogP contribution in [0.4, 0.5) is 5.69 Å². The molecule has 5 nitrogen and oxygen atoms in total. The Morgan fingerprint density at radius 1 is 1.35 bits per heavy atom. The summed E-state index contributed by atoms with van der Waals surface area (Å²) in [4.78, 5) is 13.6. The molecule has 1 aliphatic heterocycles. The monoisotopic (exact) mass is 236 g/mol. The molecular formula is C12H16N2O3. The van der Waals surface area contributed by atoms with Gasteiger partial charge in [-0.15, -0.1) is 0 Å². The van der Waals surface area contributed by atoms with Crippen molar-refractivity contribution in [1.29, 1.82) is 0 Å². The second-order valence-corrected chi connectivity index (χ2v) is 4.44. The van der Waals surface area contributed by atoms with Gasteiger partial charge in [0.15, 0.2) is 0 Å². The van der Waals surface area contributed by atoms with E-state index in [0.717, 1.165) is 5.56 Å². The molecule has 2 rings (SSSR count). The molecule has 92 valence electrons. The second-order valence-electron chi connectivity index (χ2n) is 4.44. The Morgan fingerprint density at radius 3 is 2.53 bits per heavy atom. The van der Waals surface area contributed by atoms with Crippen LogP contribution in [-0.4, -0.2) is 46.3 Å². The molecule has 0 unspecified atom stereocenters. The summed E-state index contributed by atoms with van der Waals surface area (Å²) in [5, 5.41) is 18.8. The number of hydrogen-bond acceptors (Lipinski definition) is 4. The highest BCUT2D eigenvalue weighted by molar-refractivity contribution is 5.99. The van der Waals surface area contributed by atoms with Gasteiger partial charge in [-0.1, -0.05) is 11.6 Å². The predicted octanol–water partition coefficient (Wildman–Crippen LogP) is -0.245. The number of benzene rings is 1. The maximum atomic E-state index is 12.1. The van der Waals surface area contributed by atoms with Gasteiger partial charge < -0.3 is 20.8 Å². The maximum absolute atomic E-state index is 12.1. The lowest BCUT2D eigenvalue weighted by Gasteiger charge is -2.16. The number of β-amino-alcohol motifs (C(OH)–C–C–N with tert-alkyl or cyclic N) is 2. The predicted molar refractivity (Wildman–Crippen MR) is 63.5 cm³/mol. The number of likely N-dealkylation sites (tertiary alicyclic amines) is 1. The molecule has 1 fully saturated rings. The summed E-state index contributed by atoms with van der Waals surface area (Å²) in [7, 11) is 0. The van der Waals surface area contributed by atoms with Crippen LogP contribution in [0.25, 0.3) is 0 Å². The summed E-state index contributed by atoms with van der Waals surface area (Å²) in [6, 6.07) is 5.24. The summed E-state index contributed by atoms with van der Waals surface area (Å²) in [5.74, 6) is -0.248. The van der Waals surface area contributed by atoms with Crippen molar-refractivity contribution in [2.24, 2.45) is 0 Å². The topological polar surface area (TPSA) is 86.8 Å². The van der Waals surface area contributed by atoms with Crippen LogP contribution in [0, 0.1) is 6.92 Å². The van der Waals surface area contributed by atoms with Crippen LogP contribution in [0.3, 0.4) is 0 Å². The highest BCUT2D eigenvalue weighted by Crippen LogP contribution is 2.19. The van der Waals surface area contributed by atoms with E-state index in [-0.39, 0.29) is 19.0 Å². The van der Waals surface area contributed by atoms with Gasteiger partial charge >= 0.3 is 0 Å². The number of nitrogens with zero attached hydrogens (tertiary/aromatic N) is 1. The molecule has 1 aliphatic rings. The Labute approximate surface area is 99.5 Å². The highest BCUT2D eigenvalue weighted by Gasteiger charge is 2.33. The van der Waals surface area contributed by atoms with Crippen molar-refractivity contribution >= 4 is 11.6 Å². The average molecular weight is 236 g/mol. The van der Waals surface area contributed by atoms with E-state index in [9.17, 15) is 15.0 Å². The smallest absolute Gasteiger partial charge is 0.256 e. The van der Waals surface area contributed by atoms with Crippen LogP contribution in [0.2, 0.25) is 0 Å². The zero-order valence-electron chi connectivity index (χ0n) is 9.63. The van der Waals surface area contributed by atoms with Gasteiger partial charge in [-0.2, -0.15) is 0 Å². The van der Waals surface area contributed by atoms with Gasteiger partial charge in [0, 0.05) is 18.8 Å². The van der Waals surface area contributed by atoms with Gasteiger partial charge in [0.2, 0.25) is 0 Å². The zero-order valence-corrected chi connectivity index (χ0v) is 9.63. The van der Waals surface area contributed by atoms with Crippen LogP contribution >= 0.6 is 0 Å². The molecule has 17 heavy (non-hydrogen) atoms. The van der Waals surface area contributed by atoms with E-state index in [4.69, 9.17) is 5.73 Å². The standard InChI is InChI=1S/C12H16N2O3/c1-7-2-3-9(13)8(4-7)12(17)14-5-10(15)11(16)6-14/h2-4,10-11,15-16H,5-6,13H2,1H3/t10-,11+. The van der Waals surface area contributed by atoms with Crippen molar-refractivity contribution in [3.8, 4) is 0 Å². The lowest BCUT2D eigenvalue weighted by Crippen LogP contribution is -2.30. The summed E-state index contributed by atoms with van der Waals surface area (Å²) in [6.45, 7) is 2.17. The third-order valence-electron chi connectivity index (χ3n) is 2.99. The van der Waals surface area contributed by atoms with Crippen LogP contribution in [0.5, 0.6) is 0 Å². The van der Waals surface area contributed by atoms with Crippen molar-refractivity contribution in [3.63, 3.8) is 0 Å². The van der Waals surface area contributed by atoms with Gasteiger partial charge in [-0.05, 0) is 19.1 Å². The van der Waals surface area contributed by atoms with E-state index < -0.39 is 12.2 Å². The van der Waals surface area contributed by atoms with E-state index in [0.29, 0.717) is 11.3 Å². The molecule has 1 aromatic carbocycles. The van der Waals surface area contributed by atoms with E-state index in [1.54, 1.807) is 12.1 Å². The first-order valence-electron chi connectivity index (χ1n) is 5.50. The van der Waals surface area contributed by atoms with E-state index >= 15 is 0 Å². The first-order valence-corrected chi connectivity index (χ1v) is 5.50. The van der Waals surface area contributed by atoms with Gasteiger partial charge in [0.1, 0.15) is 0 Å². The van der Waals surface area contributed by atoms with Crippen molar-refractivity contribution in [2.75, 3.05) is 18.8 Å². The first-order chi connectivity index (χ1) is 7.99. The molecular weight excluding hydrogens is 220 g/mol. The molecule has 1 amide bonds. The van der Waals surface area contributed by atoms with Crippen molar-refractivity contribution in [1.82, 2.24) is 4.90 Å². The average Bonchev–Trinajstić information content (AvgIpc) is 2.62. The number of aryl methyl sites for hydroxylation is 1. The molecule has 2 atom stereocenters. The Kier molecular flexibility index (Phi) is 3.04. The Morgan fingerprint density at radius 2 is 1.94 bits per heavy atom. The SMILES string of the molecule is Cc1ccc(N)c(C(=O)N2C[C@@H](O)[C@@H](O)C2)c1. The second kappa shape index (κ2) is 4.35. The minimum absolute atomic E-state index is 0.146. The summed E-state index contributed by atoms with van der Waals surface area (Å²) in [5.41, 5.74) is 7.54. The van der Waals surface area contributed by atoms with Crippen LogP contribution in [0.15, 0.2) is 18.2 Å². The number of nitrogens with two attached hydrogens (primary N) is 1. The molecule has 1 aromatic rings. The Balaban J connectivity index is 2.23.